The van der Waals surface area contributed by atoms with E-state index in [4.69, 9.17) is 4.74 Å². The van der Waals surface area contributed by atoms with E-state index in [1.807, 2.05) is 42.5 Å². The van der Waals surface area contributed by atoms with Gasteiger partial charge >= 0.3 is 0 Å². The van der Waals surface area contributed by atoms with Gasteiger partial charge in [-0.05, 0) is 37.0 Å². The summed E-state index contributed by atoms with van der Waals surface area (Å²) in [6.07, 6.45) is 2.61. The smallest absolute Gasteiger partial charge is 0.201 e. The van der Waals surface area contributed by atoms with Gasteiger partial charge in [-0.15, -0.1) is 0 Å². The summed E-state index contributed by atoms with van der Waals surface area (Å²) in [5, 5.41) is 3.35. The van der Waals surface area contributed by atoms with Crippen molar-refractivity contribution in [2.24, 2.45) is 5.92 Å². The zero-order valence-corrected chi connectivity index (χ0v) is 12.4. The summed E-state index contributed by atoms with van der Waals surface area (Å²) in [7, 11) is 0. The molecule has 4 heteroatoms. The van der Waals surface area contributed by atoms with Crippen LogP contribution >= 0.6 is 0 Å². The van der Waals surface area contributed by atoms with Crippen LogP contribution in [0.4, 0.5) is 5.95 Å². The molecule has 1 heterocycles. The summed E-state index contributed by atoms with van der Waals surface area (Å²) >= 11 is 0. The predicted octanol–water partition coefficient (Wildman–Crippen LogP) is 3.96. The molecule has 1 aliphatic rings. The summed E-state index contributed by atoms with van der Waals surface area (Å²) < 4.78 is 5.94. The zero-order valence-electron chi connectivity index (χ0n) is 12.4. The summed E-state index contributed by atoms with van der Waals surface area (Å²) in [6, 6.07) is 16.2. The maximum absolute atomic E-state index is 5.94. The van der Waals surface area contributed by atoms with Crippen molar-refractivity contribution in [3.8, 4) is 5.75 Å². The molecular weight excluding hydrogens is 274 g/mol. The van der Waals surface area contributed by atoms with Crippen molar-refractivity contribution in [2.75, 3.05) is 11.9 Å². The number of hydrogen-bond donors (Lipinski definition) is 2. The van der Waals surface area contributed by atoms with E-state index in [2.05, 4.69) is 21.4 Å². The topological polar surface area (TPSA) is 49.9 Å². The number of H-pyrrole nitrogens is 1. The second-order valence-electron chi connectivity index (χ2n) is 5.82. The van der Waals surface area contributed by atoms with Crippen LogP contribution in [0.25, 0.3) is 11.0 Å². The van der Waals surface area contributed by atoms with Gasteiger partial charge in [0.1, 0.15) is 5.75 Å². The highest BCUT2D eigenvalue weighted by molar-refractivity contribution is 5.77. The molecule has 1 aromatic heterocycles. The molecule has 0 atom stereocenters. The van der Waals surface area contributed by atoms with Crippen LogP contribution in [0.5, 0.6) is 5.75 Å². The van der Waals surface area contributed by atoms with E-state index in [0.717, 1.165) is 40.8 Å². The maximum Gasteiger partial charge on any atom is 0.201 e. The molecule has 0 unspecified atom stereocenters. The van der Waals surface area contributed by atoms with Crippen LogP contribution in [0, 0.1) is 5.92 Å². The molecule has 1 saturated carbocycles. The second kappa shape index (κ2) is 5.72. The van der Waals surface area contributed by atoms with Gasteiger partial charge in [-0.2, -0.15) is 0 Å². The number of aromatic amines is 1. The highest BCUT2D eigenvalue weighted by Gasteiger charge is 2.22. The minimum absolute atomic E-state index is 0.695. The molecule has 0 aliphatic heterocycles. The Morgan fingerprint density at radius 2 is 1.91 bits per heavy atom. The van der Waals surface area contributed by atoms with Gasteiger partial charge in [0.05, 0.1) is 17.6 Å². The van der Waals surface area contributed by atoms with E-state index in [0.29, 0.717) is 6.54 Å². The number of benzene rings is 2. The highest BCUT2D eigenvalue weighted by atomic mass is 16.5. The number of aromatic nitrogens is 2. The number of ether oxygens (including phenoxy) is 1. The van der Waals surface area contributed by atoms with Crippen LogP contribution in [0.1, 0.15) is 18.4 Å². The van der Waals surface area contributed by atoms with Crippen molar-refractivity contribution in [1.82, 2.24) is 9.97 Å². The number of rotatable bonds is 6. The Morgan fingerprint density at radius 3 is 2.77 bits per heavy atom. The molecule has 0 radical (unpaired) electrons. The van der Waals surface area contributed by atoms with Crippen LogP contribution in [0.2, 0.25) is 0 Å². The Balaban J connectivity index is 1.46. The number of fused-ring (bicyclic) bond motifs is 1. The van der Waals surface area contributed by atoms with Gasteiger partial charge < -0.3 is 15.0 Å². The Bertz CT molecular complexity index is 744. The summed E-state index contributed by atoms with van der Waals surface area (Å²) in [4.78, 5) is 7.82. The van der Waals surface area contributed by atoms with Gasteiger partial charge in [-0.25, -0.2) is 4.98 Å². The van der Waals surface area contributed by atoms with Crippen molar-refractivity contribution >= 4 is 17.0 Å². The Labute approximate surface area is 129 Å². The summed E-state index contributed by atoms with van der Waals surface area (Å²) in [5.74, 6) is 2.52. The van der Waals surface area contributed by atoms with Gasteiger partial charge in [0, 0.05) is 12.1 Å². The van der Waals surface area contributed by atoms with Crippen molar-refractivity contribution < 1.29 is 4.74 Å². The lowest BCUT2D eigenvalue weighted by atomic mass is 10.2. The lowest BCUT2D eigenvalue weighted by Crippen LogP contribution is -2.06. The molecule has 22 heavy (non-hydrogen) atoms. The van der Waals surface area contributed by atoms with Crippen molar-refractivity contribution in [2.45, 2.75) is 19.4 Å². The fourth-order valence-electron chi connectivity index (χ4n) is 2.50. The number of anilines is 1. The first-order valence-electron chi connectivity index (χ1n) is 7.78. The maximum atomic E-state index is 5.94. The van der Waals surface area contributed by atoms with Crippen LogP contribution < -0.4 is 10.1 Å². The third-order valence-electron chi connectivity index (χ3n) is 3.98. The Kier molecular flexibility index (Phi) is 3.43. The molecular formula is C18H19N3O. The quantitative estimate of drug-likeness (QED) is 0.723. The normalized spacial score (nSPS) is 14.2. The highest BCUT2D eigenvalue weighted by Crippen LogP contribution is 2.30. The Hall–Kier alpha value is -2.49. The van der Waals surface area contributed by atoms with Gasteiger partial charge in [0.15, 0.2) is 0 Å². The third-order valence-corrected chi connectivity index (χ3v) is 3.98. The van der Waals surface area contributed by atoms with Crippen molar-refractivity contribution in [3.05, 3.63) is 54.1 Å². The summed E-state index contributed by atoms with van der Waals surface area (Å²) in [5.41, 5.74) is 3.18. The van der Waals surface area contributed by atoms with E-state index < -0.39 is 0 Å². The number of imidazole rings is 1. The van der Waals surface area contributed by atoms with E-state index >= 15 is 0 Å². The van der Waals surface area contributed by atoms with E-state index in [-0.39, 0.29) is 0 Å². The monoisotopic (exact) mass is 293 g/mol. The van der Waals surface area contributed by atoms with Gasteiger partial charge in [-0.1, -0.05) is 30.3 Å². The van der Waals surface area contributed by atoms with Crippen LogP contribution in [-0.2, 0) is 6.54 Å². The predicted molar refractivity (Wildman–Crippen MR) is 88.1 cm³/mol. The van der Waals surface area contributed by atoms with Crippen LogP contribution in [0.15, 0.2) is 48.5 Å². The summed E-state index contributed by atoms with van der Waals surface area (Å²) in [6.45, 7) is 1.53. The van der Waals surface area contributed by atoms with Gasteiger partial charge in [-0.3, -0.25) is 0 Å². The van der Waals surface area contributed by atoms with Crippen LogP contribution in [0.3, 0.4) is 0 Å². The molecule has 4 nitrogen and oxygen atoms in total. The minimum atomic E-state index is 0.695. The van der Waals surface area contributed by atoms with E-state index in [9.17, 15) is 0 Å². The molecule has 2 aromatic carbocycles. The minimum Gasteiger partial charge on any atom is -0.493 e. The molecule has 1 aliphatic carbocycles. The standard InChI is InChI=1S/C18H19N3O/c1-4-8-17(22-12-13-9-10-13)14(5-1)11-19-18-20-15-6-2-3-7-16(15)21-18/h1-8,13H,9-12H2,(H2,19,20,21). The first-order valence-corrected chi connectivity index (χ1v) is 7.78. The van der Waals surface area contributed by atoms with Crippen LogP contribution in [-0.4, -0.2) is 16.6 Å². The third kappa shape index (κ3) is 2.91. The van der Waals surface area contributed by atoms with E-state index in [1.165, 1.54) is 12.8 Å². The second-order valence-corrected chi connectivity index (χ2v) is 5.82. The molecule has 1 fully saturated rings. The Morgan fingerprint density at radius 1 is 1.09 bits per heavy atom. The lowest BCUT2D eigenvalue weighted by molar-refractivity contribution is 0.297. The van der Waals surface area contributed by atoms with Crippen molar-refractivity contribution in [1.29, 1.82) is 0 Å². The molecule has 4 rings (SSSR count). The molecule has 2 N–H and O–H groups in total. The average molecular weight is 293 g/mol. The molecule has 0 saturated heterocycles. The number of nitrogens with zero attached hydrogens (tertiary/aromatic N) is 1. The molecule has 0 amide bonds. The van der Waals surface area contributed by atoms with Gasteiger partial charge in [0.25, 0.3) is 0 Å². The van der Waals surface area contributed by atoms with E-state index in [1.54, 1.807) is 0 Å². The number of para-hydroxylation sites is 3. The first-order chi connectivity index (χ1) is 10.9. The molecule has 3 aromatic rings. The largest absolute Gasteiger partial charge is 0.493 e. The lowest BCUT2D eigenvalue weighted by Gasteiger charge is -2.11. The fourth-order valence-corrected chi connectivity index (χ4v) is 2.50. The first kappa shape index (κ1) is 13.2. The molecule has 112 valence electrons. The zero-order chi connectivity index (χ0) is 14.8. The number of nitrogens with one attached hydrogen (secondary N) is 2. The van der Waals surface area contributed by atoms with Gasteiger partial charge in [0.2, 0.25) is 5.95 Å². The SMILES string of the molecule is c1ccc(OCC2CC2)c(CNc2nc3ccccc3[nH]2)c1. The molecule has 0 spiro atoms. The average Bonchev–Trinajstić information content (AvgIpc) is 3.29. The number of hydrogen-bond acceptors (Lipinski definition) is 3. The fraction of sp³-hybridized carbons (Fsp3) is 0.278. The van der Waals surface area contributed by atoms with Crippen molar-refractivity contribution in [3.63, 3.8) is 0 Å². The molecule has 0 bridgehead atoms.